The van der Waals surface area contributed by atoms with Gasteiger partial charge in [-0.3, -0.25) is 0 Å². The van der Waals surface area contributed by atoms with Gasteiger partial charge >= 0.3 is 0 Å². The third-order valence-corrected chi connectivity index (χ3v) is 5.83. The number of halogens is 2. The largest absolute Gasteiger partial charge is 0.340 e. The lowest BCUT2D eigenvalue weighted by molar-refractivity contribution is 0.581. The summed E-state index contributed by atoms with van der Waals surface area (Å²) in [6.45, 7) is 0. The maximum atomic E-state index is 13.7. The van der Waals surface area contributed by atoms with Gasteiger partial charge in [0, 0.05) is 28.1 Å². The van der Waals surface area contributed by atoms with Gasteiger partial charge in [0.15, 0.2) is 9.84 Å². The number of hydrogen-bond donors (Lipinski definition) is 1. The molecule has 0 aliphatic heterocycles. The molecular weight excluding hydrogens is 420 g/mol. The molecule has 0 bridgehead atoms. The van der Waals surface area contributed by atoms with Crippen LogP contribution in [0.2, 0.25) is 0 Å². The maximum absolute atomic E-state index is 13.7. The minimum absolute atomic E-state index is 0.00148. The van der Waals surface area contributed by atoms with Gasteiger partial charge in [-0.05, 0) is 48.0 Å². The molecule has 1 N–H and O–H groups in total. The Bertz CT molecular complexity index is 1370. The Morgan fingerprint density at radius 1 is 0.935 bits per heavy atom. The zero-order valence-corrected chi connectivity index (χ0v) is 17.0. The quantitative estimate of drug-likeness (QED) is 0.447. The second-order valence-corrected chi connectivity index (χ2v) is 8.72. The molecule has 0 saturated carbocycles. The molecule has 1 heterocycles. The van der Waals surface area contributed by atoms with Crippen molar-refractivity contribution in [2.24, 2.45) is 0 Å². The molecule has 4 aromatic rings. The number of aromatic nitrogens is 2. The van der Waals surface area contributed by atoms with Crippen molar-refractivity contribution >= 4 is 38.3 Å². The van der Waals surface area contributed by atoms with Gasteiger partial charge in [0.1, 0.15) is 23.8 Å². The molecule has 0 radical (unpaired) electrons. The molecule has 1 aromatic heterocycles. The predicted octanol–water partition coefficient (Wildman–Crippen LogP) is 5.24. The number of rotatable bonds is 6. The molecule has 5 nitrogen and oxygen atoms in total. The first-order chi connectivity index (χ1) is 14.9. The maximum Gasteiger partial charge on any atom is 0.175 e. The Hall–Kier alpha value is -3.65. The monoisotopic (exact) mass is 437 g/mol. The molecule has 31 heavy (non-hydrogen) atoms. The van der Waals surface area contributed by atoms with Crippen molar-refractivity contribution in [3.63, 3.8) is 0 Å². The van der Waals surface area contributed by atoms with Crippen molar-refractivity contribution in [2.45, 2.75) is 5.75 Å². The van der Waals surface area contributed by atoms with E-state index in [1.807, 2.05) is 24.3 Å². The lowest BCUT2D eigenvalue weighted by Gasteiger charge is -2.09. The van der Waals surface area contributed by atoms with E-state index >= 15 is 0 Å². The molecule has 0 saturated heterocycles. The highest BCUT2D eigenvalue weighted by atomic mass is 32.2. The molecule has 0 unspecified atom stereocenters. The van der Waals surface area contributed by atoms with Crippen LogP contribution in [0.15, 0.2) is 78.5 Å². The van der Waals surface area contributed by atoms with Crippen LogP contribution in [0.5, 0.6) is 0 Å². The number of benzene rings is 3. The van der Waals surface area contributed by atoms with E-state index in [1.54, 1.807) is 24.3 Å². The van der Waals surface area contributed by atoms with Crippen molar-refractivity contribution < 1.29 is 17.2 Å². The summed E-state index contributed by atoms with van der Waals surface area (Å²) in [7, 11) is -3.64. The van der Waals surface area contributed by atoms with Gasteiger partial charge in [-0.1, -0.05) is 24.3 Å². The van der Waals surface area contributed by atoms with E-state index in [2.05, 4.69) is 15.3 Å². The fraction of sp³-hybridized carbons (Fsp3) is 0.0435. The highest BCUT2D eigenvalue weighted by molar-refractivity contribution is 7.93. The Morgan fingerprint density at radius 2 is 1.71 bits per heavy atom. The average Bonchev–Trinajstić information content (AvgIpc) is 2.75. The molecule has 0 fully saturated rings. The van der Waals surface area contributed by atoms with Crippen molar-refractivity contribution in [3.05, 3.63) is 101 Å². The van der Waals surface area contributed by atoms with Gasteiger partial charge in [0.2, 0.25) is 0 Å². The van der Waals surface area contributed by atoms with E-state index in [0.717, 1.165) is 34.1 Å². The van der Waals surface area contributed by atoms with Crippen LogP contribution in [0.25, 0.3) is 17.0 Å². The number of fused-ring (bicyclic) bond motifs is 1. The summed E-state index contributed by atoms with van der Waals surface area (Å²) in [5.74, 6) is -1.14. The summed E-state index contributed by atoms with van der Waals surface area (Å²) in [6, 6.07) is 17.5. The standard InChI is InChI=1S/C23H17F2N3O2S/c24-18-8-7-17(21(25)13-18)11-12-31(29,30)14-16-5-9-19(10-6-16)28-23-20-3-1-2-4-22(20)26-15-27-23/h1-13,15H,14H2,(H,26,27,28)/b12-11+. The van der Waals surface area contributed by atoms with E-state index in [9.17, 15) is 17.2 Å². The van der Waals surface area contributed by atoms with Crippen LogP contribution in [0.1, 0.15) is 11.1 Å². The van der Waals surface area contributed by atoms with Gasteiger partial charge < -0.3 is 5.32 Å². The van der Waals surface area contributed by atoms with Crippen LogP contribution < -0.4 is 5.32 Å². The van der Waals surface area contributed by atoms with E-state index in [-0.39, 0.29) is 11.3 Å². The Morgan fingerprint density at radius 3 is 2.48 bits per heavy atom. The van der Waals surface area contributed by atoms with E-state index in [0.29, 0.717) is 17.4 Å². The van der Waals surface area contributed by atoms with Crippen molar-refractivity contribution in [1.82, 2.24) is 9.97 Å². The topological polar surface area (TPSA) is 72.0 Å². The van der Waals surface area contributed by atoms with Gasteiger partial charge in [0.05, 0.1) is 11.3 Å². The number of hydrogen-bond acceptors (Lipinski definition) is 5. The van der Waals surface area contributed by atoms with E-state index in [4.69, 9.17) is 0 Å². The van der Waals surface area contributed by atoms with Crippen LogP contribution in [0.3, 0.4) is 0 Å². The SMILES string of the molecule is O=S(=O)(/C=C/c1ccc(F)cc1F)Cc1ccc(Nc2ncnc3ccccc23)cc1. The lowest BCUT2D eigenvalue weighted by Crippen LogP contribution is -2.01. The normalized spacial score (nSPS) is 11.8. The third-order valence-electron chi connectivity index (χ3n) is 4.54. The summed E-state index contributed by atoms with van der Waals surface area (Å²) in [6.07, 6.45) is 2.60. The third kappa shape index (κ3) is 5.10. The molecule has 3 aromatic carbocycles. The number of nitrogens with one attached hydrogen (secondary N) is 1. The number of para-hydroxylation sites is 1. The van der Waals surface area contributed by atoms with Crippen LogP contribution in [-0.4, -0.2) is 18.4 Å². The first-order valence-corrected chi connectivity index (χ1v) is 11.0. The van der Waals surface area contributed by atoms with Gasteiger partial charge in [-0.25, -0.2) is 27.2 Å². The summed E-state index contributed by atoms with van der Waals surface area (Å²) < 4.78 is 51.3. The molecule has 4 rings (SSSR count). The van der Waals surface area contributed by atoms with Crippen molar-refractivity contribution in [3.8, 4) is 0 Å². The lowest BCUT2D eigenvalue weighted by atomic mass is 10.2. The number of sulfone groups is 1. The van der Waals surface area contributed by atoms with Crippen molar-refractivity contribution in [2.75, 3.05) is 5.32 Å². The van der Waals surface area contributed by atoms with E-state index in [1.165, 1.54) is 12.4 Å². The second kappa shape index (κ2) is 8.61. The van der Waals surface area contributed by atoms with Crippen LogP contribution in [0, 0.1) is 11.6 Å². The highest BCUT2D eigenvalue weighted by Gasteiger charge is 2.10. The van der Waals surface area contributed by atoms with Crippen LogP contribution >= 0.6 is 0 Å². The Balaban J connectivity index is 1.47. The van der Waals surface area contributed by atoms with Crippen molar-refractivity contribution in [1.29, 1.82) is 0 Å². The fourth-order valence-corrected chi connectivity index (χ4v) is 4.13. The van der Waals surface area contributed by atoms with Crippen LogP contribution in [-0.2, 0) is 15.6 Å². The average molecular weight is 437 g/mol. The minimum Gasteiger partial charge on any atom is -0.340 e. The summed E-state index contributed by atoms with van der Waals surface area (Å²) >= 11 is 0. The smallest absolute Gasteiger partial charge is 0.175 e. The number of nitrogens with zero attached hydrogens (tertiary/aromatic N) is 2. The van der Waals surface area contributed by atoms with E-state index < -0.39 is 21.5 Å². The zero-order valence-electron chi connectivity index (χ0n) is 16.2. The summed E-state index contributed by atoms with van der Waals surface area (Å²) in [5.41, 5.74) is 2.13. The Kier molecular flexibility index (Phi) is 5.73. The molecular formula is C23H17F2N3O2S. The first-order valence-electron chi connectivity index (χ1n) is 9.31. The molecule has 0 aliphatic rings. The Labute approximate surface area is 178 Å². The minimum atomic E-state index is -3.64. The van der Waals surface area contributed by atoms with Gasteiger partial charge in [-0.15, -0.1) is 0 Å². The van der Waals surface area contributed by atoms with Gasteiger partial charge in [0.25, 0.3) is 0 Å². The molecule has 0 amide bonds. The van der Waals surface area contributed by atoms with Gasteiger partial charge in [-0.2, -0.15) is 0 Å². The fourth-order valence-electron chi connectivity index (χ4n) is 3.02. The predicted molar refractivity (Wildman–Crippen MR) is 117 cm³/mol. The molecule has 156 valence electrons. The number of anilines is 2. The summed E-state index contributed by atoms with van der Waals surface area (Å²) in [4.78, 5) is 8.49. The first kappa shape index (κ1) is 20.6. The molecule has 8 heteroatoms. The zero-order chi connectivity index (χ0) is 21.8. The van der Waals surface area contributed by atoms with Crippen LogP contribution in [0.4, 0.5) is 20.3 Å². The summed E-state index contributed by atoms with van der Waals surface area (Å²) in [5, 5.41) is 5.01. The highest BCUT2D eigenvalue weighted by Crippen LogP contribution is 2.23. The molecule has 0 atom stereocenters. The molecule has 0 spiro atoms. The molecule has 0 aliphatic carbocycles. The second-order valence-electron chi connectivity index (χ2n) is 6.84.